The van der Waals surface area contributed by atoms with Crippen molar-refractivity contribution in [2.24, 2.45) is 10.8 Å². The molecule has 1 saturated heterocycles. The number of hydrogen-bond donors (Lipinski definition) is 3. The van der Waals surface area contributed by atoms with Gasteiger partial charge in [-0.2, -0.15) is 13.2 Å². The number of fused-ring (bicyclic) bond motifs is 1. The molecule has 2 atom stereocenters. The van der Waals surface area contributed by atoms with E-state index in [1.807, 2.05) is 30.0 Å². The summed E-state index contributed by atoms with van der Waals surface area (Å²) < 4.78 is 36.9. The molecule has 160 valence electrons. The summed E-state index contributed by atoms with van der Waals surface area (Å²) in [6.45, 7) is 3.11. The fourth-order valence-electron chi connectivity index (χ4n) is 3.73. The average molecular weight is 419 g/mol. The van der Waals surface area contributed by atoms with Crippen LogP contribution in [0.15, 0.2) is 18.2 Å². The Morgan fingerprint density at radius 3 is 1.93 bits per heavy atom. The maximum atomic E-state index is 11.5. The van der Waals surface area contributed by atoms with Gasteiger partial charge in [0.1, 0.15) is 5.75 Å². The third kappa shape index (κ3) is 4.14. The monoisotopic (exact) mass is 419 g/mol. The van der Waals surface area contributed by atoms with Crippen LogP contribution in [0, 0.1) is 17.8 Å². The van der Waals surface area contributed by atoms with Crippen molar-refractivity contribution in [3.63, 3.8) is 0 Å². The molecule has 1 aliphatic carbocycles. The summed E-state index contributed by atoms with van der Waals surface area (Å²) in [5, 5.41) is 26.0. The number of rotatable bonds is 5. The van der Waals surface area contributed by atoms with Crippen molar-refractivity contribution in [2.45, 2.75) is 26.1 Å². The number of ether oxygens (including phenoxy) is 1. The lowest BCUT2D eigenvalue weighted by Crippen LogP contribution is -2.28. The van der Waals surface area contributed by atoms with Crippen LogP contribution in [0.1, 0.15) is 17.5 Å². The van der Waals surface area contributed by atoms with Gasteiger partial charge in [0.05, 0.1) is 17.9 Å². The van der Waals surface area contributed by atoms with Gasteiger partial charge in [0.25, 0.3) is 0 Å². The van der Waals surface area contributed by atoms with Crippen LogP contribution in [0.5, 0.6) is 5.75 Å². The van der Waals surface area contributed by atoms with Crippen LogP contribution in [-0.2, 0) is 20.9 Å². The smallest absolute Gasteiger partial charge is 0.490 e. The molecule has 0 amide bonds. The minimum atomic E-state index is -5.08. The number of piperidine rings is 1. The lowest BCUT2D eigenvalue weighted by Gasteiger charge is -2.21. The van der Waals surface area contributed by atoms with Crippen LogP contribution in [-0.4, -0.2) is 64.5 Å². The van der Waals surface area contributed by atoms with Gasteiger partial charge in [-0.1, -0.05) is 6.07 Å². The summed E-state index contributed by atoms with van der Waals surface area (Å²) in [5.41, 5.74) is -0.116. The van der Waals surface area contributed by atoms with Crippen LogP contribution >= 0.6 is 0 Å². The molecule has 1 heterocycles. The number of aryl methyl sites for hydroxylation is 1. The lowest BCUT2D eigenvalue weighted by atomic mass is 9.97. The summed E-state index contributed by atoms with van der Waals surface area (Å²) in [6.07, 6.45) is -4.84. The van der Waals surface area contributed by atoms with Crippen molar-refractivity contribution in [1.29, 1.82) is 0 Å². The maximum absolute atomic E-state index is 11.5. The van der Waals surface area contributed by atoms with Crippen molar-refractivity contribution >= 4 is 17.9 Å². The van der Waals surface area contributed by atoms with E-state index in [2.05, 4.69) is 0 Å². The fourth-order valence-corrected chi connectivity index (χ4v) is 3.73. The van der Waals surface area contributed by atoms with Crippen LogP contribution in [0.4, 0.5) is 13.2 Å². The standard InChI is InChI=1S/C16H19NO5.C2HF3O2/c1-10-5-12(22-2)4-3-11(10)6-17-8-15(13(18)19)7-16(15,9-17)14(20)21;3-2(4,5)1(6)7/h3-5H,6-9H2,1-2H3,(H,18,19)(H,20,21);(H,6,7)/t15-,16+;. The summed E-state index contributed by atoms with van der Waals surface area (Å²) in [4.78, 5) is 33.9. The van der Waals surface area contributed by atoms with Crippen LogP contribution in [0.25, 0.3) is 0 Å². The number of likely N-dealkylation sites (tertiary alicyclic amines) is 1. The van der Waals surface area contributed by atoms with E-state index < -0.39 is 34.9 Å². The molecule has 3 rings (SSSR count). The van der Waals surface area contributed by atoms with Gasteiger partial charge < -0.3 is 20.1 Å². The predicted molar refractivity (Wildman–Crippen MR) is 91.5 cm³/mol. The van der Waals surface area contributed by atoms with Crippen LogP contribution < -0.4 is 4.74 Å². The fraction of sp³-hybridized carbons (Fsp3) is 0.500. The van der Waals surface area contributed by atoms with Gasteiger partial charge >= 0.3 is 24.1 Å². The number of halogens is 3. The second-order valence-electron chi connectivity index (χ2n) is 7.19. The molecule has 11 heteroatoms. The van der Waals surface area contributed by atoms with Crippen molar-refractivity contribution < 1.29 is 47.6 Å². The highest BCUT2D eigenvalue weighted by molar-refractivity contribution is 5.94. The number of hydrogen-bond acceptors (Lipinski definition) is 5. The van der Waals surface area contributed by atoms with E-state index >= 15 is 0 Å². The number of nitrogens with zero attached hydrogens (tertiary/aromatic N) is 1. The average Bonchev–Trinajstić information content (AvgIpc) is 3.15. The zero-order chi connectivity index (χ0) is 22.2. The van der Waals surface area contributed by atoms with Crippen molar-refractivity contribution in [1.82, 2.24) is 4.90 Å². The molecule has 1 saturated carbocycles. The Balaban J connectivity index is 0.000000370. The number of carbonyl (C=O) groups is 3. The van der Waals surface area contributed by atoms with E-state index in [0.29, 0.717) is 19.6 Å². The van der Waals surface area contributed by atoms with Gasteiger partial charge in [-0.25, -0.2) is 4.79 Å². The number of carboxylic acid groups (broad SMARTS) is 3. The van der Waals surface area contributed by atoms with Gasteiger partial charge in [-0.05, 0) is 36.6 Å². The molecule has 29 heavy (non-hydrogen) atoms. The summed E-state index contributed by atoms with van der Waals surface area (Å²) in [7, 11) is 1.61. The summed E-state index contributed by atoms with van der Waals surface area (Å²) in [6, 6.07) is 5.73. The zero-order valence-electron chi connectivity index (χ0n) is 15.6. The molecule has 1 aromatic rings. The minimum Gasteiger partial charge on any atom is -0.497 e. The topological polar surface area (TPSA) is 124 Å². The molecule has 2 aliphatic rings. The van der Waals surface area contributed by atoms with Crippen LogP contribution in [0.2, 0.25) is 0 Å². The first-order chi connectivity index (χ1) is 13.3. The molecule has 3 N–H and O–H groups in total. The zero-order valence-corrected chi connectivity index (χ0v) is 15.6. The molecule has 1 aliphatic heterocycles. The SMILES string of the molecule is COc1ccc(CN2C[C@@]3(C(=O)O)C[C@@]3(C(=O)O)C2)c(C)c1.O=C(O)C(F)(F)F. The van der Waals surface area contributed by atoms with Crippen LogP contribution in [0.3, 0.4) is 0 Å². The molecule has 0 aromatic heterocycles. The Kier molecular flexibility index (Phi) is 5.84. The third-order valence-corrected chi connectivity index (χ3v) is 5.39. The molecular formula is C18H20F3NO7. The number of methoxy groups -OCH3 is 1. The normalized spacial score (nSPS) is 25.4. The first-order valence-electron chi connectivity index (χ1n) is 8.42. The molecule has 0 radical (unpaired) electrons. The molecule has 0 unspecified atom stereocenters. The van der Waals surface area contributed by atoms with Crippen molar-refractivity contribution in [3.8, 4) is 5.75 Å². The molecule has 0 bridgehead atoms. The highest BCUT2D eigenvalue weighted by Crippen LogP contribution is 2.68. The minimum absolute atomic E-state index is 0.239. The van der Waals surface area contributed by atoms with Crippen molar-refractivity contribution in [2.75, 3.05) is 20.2 Å². The van der Waals surface area contributed by atoms with Gasteiger partial charge in [-0.3, -0.25) is 14.5 Å². The number of alkyl halides is 3. The third-order valence-electron chi connectivity index (χ3n) is 5.39. The Morgan fingerprint density at radius 2 is 1.59 bits per heavy atom. The first kappa shape index (κ1) is 22.5. The Bertz CT molecular complexity index is 813. The van der Waals surface area contributed by atoms with E-state index in [1.165, 1.54) is 0 Å². The second-order valence-corrected chi connectivity index (χ2v) is 7.19. The molecule has 2 fully saturated rings. The first-order valence-corrected chi connectivity index (χ1v) is 8.42. The van der Waals surface area contributed by atoms with E-state index in [-0.39, 0.29) is 6.42 Å². The molecular weight excluding hydrogens is 399 g/mol. The van der Waals surface area contributed by atoms with E-state index in [9.17, 15) is 33.0 Å². The maximum Gasteiger partial charge on any atom is 0.490 e. The second kappa shape index (κ2) is 7.54. The summed E-state index contributed by atoms with van der Waals surface area (Å²) >= 11 is 0. The Hall–Kier alpha value is -2.82. The van der Waals surface area contributed by atoms with E-state index in [0.717, 1.165) is 16.9 Å². The van der Waals surface area contributed by atoms with Gasteiger partial charge in [0, 0.05) is 19.6 Å². The highest BCUT2D eigenvalue weighted by atomic mass is 19.4. The molecule has 8 nitrogen and oxygen atoms in total. The Morgan fingerprint density at radius 1 is 1.10 bits per heavy atom. The number of benzene rings is 1. The summed E-state index contributed by atoms with van der Waals surface area (Å²) in [5.74, 6) is -3.98. The molecule has 0 spiro atoms. The Labute approximate surface area is 163 Å². The van der Waals surface area contributed by atoms with Gasteiger partial charge in [0.2, 0.25) is 0 Å². The van der Waals surface area contributed by atoms with Gasteiger partial charge in [0.15, 0.2) is 0 Å². The number of aliphatic carboxylic acids is 3. The number of carboxylic acids is 3. The molecule has 1 aromatic carbocycles. The van der Waals surface area contributed by atoms with Crippen molar-refractivity contribution in [3.05, 3.63) is 29.3 Å². The van der Waals surface area contributed by atoms with Gasteiger partial charge in [-0.15, -0.1) is 0 Å². The largest absolute Gasteiger partial charge is 0.497 e. The van der Waals surface area contributed by atoms with E-state index in [4.69, 9.17) is 14.6 Å². The van der Waals surface area contributed by atoms with E-state index in [1.54, 1.807) is 7.11 Å². The lowest BCUT2D eigenvalue weighted by molar-refractivity contribution is -0.192. The quantitative estimate of drug-likeness (QED) is 0.662. The highest BCUT2D eigenvalue weighted by Gasteiger charge is 2.80. The predicted octanol–water partition coefficient (Wildman–Crippen LogP) is 2.00.